The highest BCUT2D eigenvalue weighted by atomic mass is 16.1. The molecule has 37 heavy (non-hydrogen) atoms. The number of fused-ring (bicyclic) bond motifs is 3. The number of carbonyl (C=O) groups excluding carboxylic acids is 1. The molecule has 2 aliphatic heterocycles. The average Bonchev–Trinajstić information content (AvgIpc) is 3.54. The molecule has 0 radical (unpaired) electrons. The zero-order valence-electron chi connectivity index (χ0n) is 20.2. The lowest BCUT2D eigenvalue weighted by Gasteiger charge is -2.20. The minimum Gasteiger partial charge on any atom is -0.362 e. The zero-order valence-corrected chi connectivity index (χ0v) is 20.2. The van der Waals surface area contributed by atoms with Crippen LogP contribution in [0, 0.1) is 11.3 Å². The molecule has 0 bridgehead atoms. The first kappa shape index (κ1) is 22.5. The lowest BCUT2D eigenvalue weighted by atomic mass is 10.1. The Morgan fingerprint density at radius 3 is 2.54 bits per heavy atom. The van der Waals surface area contributed by atoms with Crippen molar-refractivity contribution in [2.45, 2.75) is 13.1 Å². The molecule has 7 heteroatoms. The maximum atomic E-state index is 13.5. The third-order valence-electron chi connectivity index (χ3n) is 6.68. The highest BCUT2D eigenvalue weighted by molar-refractivity contribution is 6.07. The number of hydrogen-bond acceptors (Lipinski definition) is 6. The average molecular weight is 485 g/mol. The van der Waals surface area contributed by atoms with Crippen LogP contribution in [-0.2, 0) is 13.1 Å². The van der Waals surface area contributed by atoms with Crippen molar-refractivity contribution in [3.8, 4) is 6.07 Å². The molecular weight excluding hydrogens is 460 g/mol. The van der Waals surface area contributed by atoms with Crippen molar-refractivity contribution in [1.82, 2.24) is 14.5 Å². The fourth-order valence-corrected chi connectivity index (χ4v) is 4.82. The number of carbonyl (C=O) groups is 1. The normalized spacial score (nSPS) is 14.2. The van der Waals surface area contributed by atoms with Crippen molar-refractivity contribution in [2.75, 3.05) is 18.0 Å². The summed E-state index contributed by atoms with van der Waals surface area (Å²) in [5, 5.41) is 9.04. The first-order chi connectivity index (χ1) is 18.2. The SMILES string of the molecule is N#Cc1ccc(Cn2cncc2C(=O)CN2C=C3N=C(c4ccccc4)CN3c3ccccc3C2)cc1. The number of aliphatic imine (C=N–C) groups is 1. The molecule has 4 aromatic rings. The second-order valence-corrected chi connectivity index (χ2v) is 9.17. The summed E-state index contributed by atoms with van der Waals surface area (Å²) in [7, 11) is 0. The molecule has 0 fully saturated rings. The van der Waals surface area contributed by atoms with Crippen molar-refractivity contribution in [3.63, 3.8) is 0 Å². The molecule has 7 nitrogen and oxygen atoms in total. The number of imidazole rings is 1. The minimum atomic E-state index is -0.0146. The van der Waals surface area contributed by atoms with Gasteiger partial charge in [-0.25, -0.2) is 9.98 Å². The molecule has 6 rings (SSSR count). The van der Waals surface area contributed by atoms with Crippen LogP contribution in [0.25, 0.3) is 0 Å². The number of Topliss-reactive ketones (excluding diaryl/α,β-unsaturated/α-hetero) is 1. The van der Waals surface area contributed by atoms with Crippen LogP contribution in [0.1, 0.15) is 32.7 Å². The van der Waals surface area contributed by atoms with Gasteiger partial charge in [0.25, 0.3) is 0 Å². The molecular formula is C30H24N6O. The van der Waals surface area contributed by atoms with Crippen molar-refractivity contribution >= 4 is 17.2 Å². The first-order valence-electron chi connectivity index (χ1n) is 12.1. The number of hydrogen-bond donors (Lipinski definition) is 0. The zero-order chi connectivity index (χ0) is 25.2. The van der Waals surface area contributed by atoms with Crippen LogP contribution in [-0.4, -0.2) is 39.0 Å². The molecule has 0 saturated heterocycles. The smallest absolute Gasteiger partial charge is 0.200 e. The summed E-state index contributed by atoms with van der Waals surface area (Å²) in [6, 6.07) is 28.0. The number of nitrogens with zero attached hydrogens (tertiary/aromatic N) is 6. The van der Waals surface area contributed by atoms with Gasteiger partial charge < -0.3 is 14.4 Å². The van der Waals surface area contributed by atoms with Gasteiger partial charge in [-0.3, -0.25) is 4.79 Å². The van der Waals surface area contributed by atoms with E-state index in [1.807, 2.05) is 58.1 Å². The summed E-state index contributed by atoms with van der Waals surface area (Å²) in [6.45, 7) is 2.02. The maximum absolute atomic E-state index is 13.5. The number of rotatable bonds is 6. The van der Waals surface area contributed by atoms with Gasteiger partial charge in [-0.05, 0) is 34.9 Å². The van der Waals surface area contributed by atoms with Crippen LogP contribution in [0.2, 0.25) is 0 Å². The fourth-order valence-electron chi connectivity index (χ4n) is 4.82. The number of nitriles is 1. The Morgan fingerprint density at radius 1 is 0.946 bits per heavy atom. The molecule has 0 amide bonds. The summed E-state index contributed by atoms with van der Waals surface area (Å²) in [5.74, 6) is 0.821. The Bertz CT molecular complexity index is 1560. The second kappa shape index (κ2) is 9.59. The molecule has 0 saturated carbocycles. The largest absolute Gasteiger partial charge is 0.362 e. The second-order valence-electron chi connectivity index (χ2n) is 9.17. The summed E-state index contributed by atoms with van der Waals surface area (Å²) in [5.41, 5.74) is 6.54. The summed E-state index contributed by atoms with van der Waals surface area (Å²) in [4.78, 5) is 26.9. The van der Waals surface area contributed by atoms with E-state index in [-0.39, 0.29) is 12.3 Å². The van der Waals surface area contributed by atoms with Gasteiger partial charge in [-0.15, -0.1) is 0 Å². The molecule has 1 aromatic heterocycles. The van der Waals surface area contributed by atoms with Crippen LogP contribution in [0.5, 0.6) is 0 Å². The number of aromatic nitrogens is 2. The van der Waals surface area contributed by atoms with Crippen molar-refractivity contribution in [1.29, 1.82) is 5.26 Å². The van der Waals surface area contributed by atoms with Crippen LogP contribution in [0.4, 0.5) is 5.69 Å². The number of benzene rings is 3. The third kappa shape index (κ3) is 4.53. The molecule has 0 aliphatic carbocycles. The highest BCUT2D eigenvalue weighted by Crippen LogP contribution is 2.33. The van der Waals surface area contributed by atoms with E-state index in [1.165, 1.54) is 0 Å². The third-order valence-corrected chi connectivity index (χ3v) is 6.68. The summed E-state index contributed by atoms with van der Waals surface area (Å²) >= 11 is 0. The molecule has 2 aliphatic rings. The number of para-hydroxylation sites is 1. The Balaban J connectivity index is 1.27. The van der Waals surface area contributed by atoms with Crippen molar-refractivity contribution in [3.05, 3.63) is 131 Å². The summed E-state index contributed by atoms with van der Waals surface area (Å²) in [6.07, 6.45) is 5.30. The van der Waals surface area contributed by atoms with Gasteiger partial charge >= 0.3 is 0 Å². The monoisotopic (exact) mass is 484 g/mol. The molecule has 3 aromatic carbocycles. The van der Waals surface area contributed by atoms with E-state index in [4.69, 9.17) is 10.3 Å². The fraction of sp³-hybridized carbons (Fsp3) is 0.133. The van der Waals surface area contributed by atoms with Crippen LogP contribution >= 0.6 is 0 Å². The van der Waals surface area contributed by atoms with Crippen LogP contribution < -0.4 is 4.90 Å². The number of anilines is 1. The molecule has 3 heterocycles. The van der Waals surface area contributed by atoms with Gasteiger partial charge in [0, 0.05) is 25.0 Å². The van der Waals surface area contributed by atoms with E-state index in [0.29, 0.717) is 30.9 Å². The van der Waals surface area contributed by atoms with Gasteiger partial charge in [0.2, 0.25) is 0 Å². The molecule has 0 atom stereocenters. The van der Waals surface area contributed by atoms with Gasteiger partial charge in [-0.1, -0.05) is 60.7 Å². The van der Waals surface area contributed by atoms with E-state index in [9.17, 15) is 4.79 Å². The van der Waals surface area contributed by atoms with Gasteiger partial charge in [0.05, 0.1) is 43.0 Å². The standard InChI is InChI=1S/C30H24N6O/c31-14-22-10-12-23(13-11-22)16-35-21-32-15-28(35)29(37)19-34-17-25-8-4-5-9-27(25)36-18-26(33-30(36)20-34)24-6-2-1-3-7-24/h1-13,15,20-21H,16-19H2. The van der Waals surface area contributed by atoms with Crippen LogP contribution in [0.3, 0.4) is 0 Å². The Kier molecular flexibility index (Phi) is 5.83. The Hall–Kier alpha value is -4.96. The lowest BCUT2D eigenvalue weighted by molar-refractivity contribution is 0.0944. The molecule has 0 N–H and O–H groups in total. The van der Waals surface area contributed by atoms with Crippen molar-refractivity contribution in [2.24, 2.45) is 4.99 Å². The maximum Gasteiger partial charge on any atom is 0.200 e. The minimum absolute atomic E-state index is 0.0146. The van der Waals surface area contributed by atoms with Crippen molar-refractivity contribution < 1.29 is 4.79 Å². The number of ketones is 1. The molecule has 0 spiro atoms. The lowest BCUT2D eigenvalue weighted by Crippen LogP contribution is -2.26. The Labute approximate surface area is 215 Å². The summed E-state index contributed by atoms with van der Waals surface area (Å²) < 4.78 is 1.86. The van der Waals surface area contributed by atoms with E-state index in [1.54, 1.807) is 24.7 Å². The quantitative estimate of drug-likeness (QED) is 0.374. The topological polar surface area (TPSA) is 77.5 Å². The molecule has 180 valence electrons. The highest BCUT2D eigenvalue weighted by Gasteiger charge is 2.28. The van der Waals surface area contributed by atoms with E-state index >= 15 is 0 Å². The van der Waals surface area contributed by atoms with E-state index < -0.39 is 0 Å². The Morgan fingerprint density at radius 2 is 1.73 bits per heavy atom. The van der Waals surface area contributed by atoms with Gasteiger partial charge in [0.1, 0.15) is 11.5 Å². The van der Waals surface area contributed by atoms with E-state index in [2.05, 4.69) is 40.2 Å². The van der Waals surface area contributed by atoms with E-state index in [0.717, 1.165) is 33.9 Å². The van der Waals surface area contributed by atoms with Gasteiger partial charge in [-0.2, -0.15) is 5.26 Å². The van der Waals surface area contributed by atoms with Crippen LogP contribution in [0.15, 0.2) is 108 Å². The predicted octanol–water partition coefficient (Wildman–Crippen LogP) is 4.61. The molecule has 0 unspecified atom stereocenters. The van der Waals surface area contributed by atoms with Gasteiger partial charge in [0.15, 0.2) is 5.78 Å². The first-order valence-corrected chi connectivity index (χ1v) is 12.1. The predicted molar refractivity (Wildman–Crippen MR) is 142 cm³/mol.